The van der Waals surface area contributed by atoms with E-state index in [1.807, 2.05) is 0 Å². The van der Waals surface area contributed by atoms with Gasteiger partial charge in [0.25, 0.3) is 10.0 Å². The molecule has 0 bridgehead atoms. The fraction of sp³-hybridized carbons (Fsp3) is 0.350. The van der Waals surface area contributed by atoms with Crippen molar-refractivity contribution in [1.29, 1.82) is 5.26 Å². The van der Waals surface area contributed by atoms with E-state index in [1.165, 1.54) is 0 Å². The highest BCUT2D eigenvalue weighted by atomic mass is 79.9. The van der Waals surface area contributed by atoms with Crippen molar-refractivity contribution in [3.63, 3.8) is 0 Å². The Morgan fingerprint density at radius 3 is 2.53 bits per heavy atom. The summed E-state index contributed by atoms with van der Waals surface area (Å²) in [4.78, 5) is -0.456. The summed E-state index contributed by atoms with van der Waals surface area (Å²) >= 11 is 3.30. The van der Waals surface area contributed by atoms with Crippen LogP contribution >= 0.6 is 15.9 Å². The Labute approximate surface area is 180 Å². The first-order chi connectivity index (χ1) is 13.9. The zero-order chi connectivity index (χ0) is 21.9. The summed E-state index contributed by atoms with van der Waals surface area (Å²) in [6, 6.07) is 10.7. The summed E-state index contributed by atoms with van der Waals surface area (Å²) in [5.74, 6) is 0.306. The van der Waals surface area contributed by atoms with Crippen LogP contribution in [0.3, 0.4) is 0 Å². The molecule has 0 radical (unpaired) electrons. The monoisotopic (exact) mass is 500 g/mol. The lowest BCUT2D eigenvalue weighted by Gasteiger charge is -2.54. The molecule has 0 atom stereocenters. The van der Waals surface area contributed by atoms with Gasteiger partial charge in [-0.05, 0) is 43.3 Å². The zero-order valence-corrected chi connectivity index (χ0v) is 18.1. The molecule has 0 amide bonds. The Morgan fingerprint density at radius 2 is 1.90 bits per heavy atom. The molecular weight excluding hydrogens is 485 g/mol. The van der Waals surface area contributed by atoms with Crippen molar-refractivity contribution in [2.45, 2.75) is 36.4 Å². The first-order valence-electron chi connectivity index (χ1n) is 8.97. The lowest BCUT2D eigenvalue weighted by molar-refractivity contribution is -0.137. The molecule has 2 aromatic carbocycles. The average Bonchev–Trinajstić information content (AvgIpc) is 2.66. The number of ether oxygens (including phenoxy) is 1. The van der Waals surface area contributed by atoms with Crippen LogP contribution in [0.1, 0.15) is 25.3 Å². The number of sulfonamides is 1. The number of hydrogen-bond donors (Lipinski definition) is 0. The Bertz CT molecular complexity index is 1170. The molecule has 1 aliphatic carbocycles. The lowest BCUT2D eigenvalue weighted by atomic mass is 9.60. The first kappa shape index (κ1) is 21.0. The van der Waals surface area contributed by atoms with Crippen LogP contribution in [-0.4, -0.2) is 20.6 Å². The van der Waals surface area contributed by atoms with E-state index in [0.717, 1.165) is 22.5 Å². The molecule has 1 spiro atoms. The van der Waals surface area contributed by atoms with E-state index in [4.69, 9.17) is 4.74 Å². The van der Waals surface area contributed by atoms with Crippen molar-refractivity contribution in [1.82, 2.24) is 0 Å². The van der Waals surface area contributed by atoms with Gasteiger partial charge in [-0.1, -0.05) is 22.0 Å². The molecule has 0 aromatic heterocycles. The van der Waals surface area contributed by atoms with Crippen LogP contribution in [-0.2, 0) is 16.2 Å². The van der Waals surface area contributed by atoms with Crippen molar-refractivity contribution in [3.05, 3.63) is 52.5 Å². The molecule has 4 rings (SSSR count). The fourth-order valence-corrected chi connectivity index (χ4v) is 6.13. The van der Waals surface area contributed by atoms with Crippen molar-refractivity contribution in [3.8, 4) is 11.8 Å². The number of nitriles is 1. The second kappa shape index (κ2) is 6.62. The van der Waals surface area contributed by atoms with Gasteiger partial charge in [-0.3, -0.25) is 4.31 Å². The average molecular weight is 501 g/mol. The Morgan fingerprint density at radius 1 is 1.20 bits per heavy atom. The van der Waals surface area contributed by atoms with Gasteiger partial charge >= 0.3 is 6.18 Å². The topological polar surface area (TPSA) is 70.4 Å². The molecule has 10 heteroatoms. The van der Waals surface area contributed by atoms with Crippen LogP contribution in [0.4, 0.5) is 18.9 Å². The van der Waals surface area contributed by atoms with Crippen molar-refractivity contribution >= 4 is 31.6 Å². The Balaban J connectivity index is 1.81. The Hall–Kier alpha value is -2.25. The van der Waals surface area contributed by atoms with Crippen LogP contribution in [0.5, 0.6) is 5.75 Å². The van der Waals surface area contributed by atoms with Gasteiger partial charge in [0.05, 0.1) is 34.2 Å². The van der Waals surface area contributed by atoms with E-state index in [9.17, 15) is 26.9 Å². The van der Waals surface area contributed by atoms with E-state index >= 15 is 0 Å². The molecule has 1 heterocycles. The number of anilines is 1. The molecule has 0 N–H and O–H groups in total. The molecule has 1 saturated carbocycles. The quantitative estimate of drug-likeness (QED) is 0.573. The van der Waals surface area contributed by atoms with Crippen LogP contribution in [0.2, 0.25) is 0 Å². The second-order valence-corrected chi connectivity index (χ2v) is 10.7. The standard InChI is InChI=1S/C20H16BrF3N2O3S/c1-18(11-25)9-19(10-18)12-26(16-8-14(21)5-6-17(16)29-19)30(27,28)15-4-2-3-13(7-15)20(22,23)24/h2-8H,9-10,12H2,1H3. The van der Waals surface area contributed by atoms with E-state index in [-0.39, 0.29) is 12.2 Å². The molecule has 2 aliphatic rings. The molecular formula is C20H16BrF3N2O3S. The number of hydrogen-bond acceptors (Lipinski definition) is 4. The minimum Gasteiger partial charge on any atom is -0.483 e. The summed E-state index contributed by atoms with van der Waals surface area (Å²) in [7, 11) is -4.32. The summed E-state index contributed by atoms with van der Waals surface area (Å²) in [5, 5.41) is 9.35. The van der Waals surface area contributed by atoms with Gasteiger partial charge in [-0.15, -0.1) is 0 Å². The van der Waals surface area contributed by atoms with Crippen LogP contribution in [0.15, 0.2) is 51.8 Å². The smallest absolute Gasteiger partial charge is 0.416 e. The minimum absolute atomic E-state index is 0.0910. The fourth-order valence-electron chi connectivity index (χ4n) is 4.19. The van der Waals surface area contributed by atoms with Crippen molar-refractivity contribution < 1.29 is 26.3 Å². The molecule has 1 fully saturated rings. The maximum atomic E-state index is 13.4. The van der Waals surface area contributed by atoms with E-state index < -0.39 is 37.7 Å². The molecule has 0 unspecified atom stereocenters. The van der Waals surface area contributed by atoms with Gasteiger partial charge in [0.1, 0.15) is 11.4 Å². The number of rotatable bonds is 2. The third kappa shape index (κ3) is 3.44. The molecule has 5 nitrogen and oxygen atoms in total. The molecule has 1 aliphatic heterocycles. The SMILES string of the molecule is CC1(C#N)CC2(CN(S(=O)(=O)c3cccc(C(F)(F)F)c3)c3cc(Br)ccc3O2)C1. The molecule has 0 saturated heterocycles. The molecule has 2 aromatic rings. The van der Waals surface area contributed by atoms with Crippen LogP contribution < -0.4 is 9.04 Å². The highest BCUT2D eigenvalue weighted by molar-refractivity contribution is 9.10. The van der Waals surface area contributed by atoms with E-state index in [2.05, 4.69) is 22.0 Å². The number of alkyl halides is 3. The lowest BCUT2D eigenvalue weighted by Crippen LogP contribution is -2.62. The third-order valence-electron chi connectivity index (χ3n) is 5.39. The number of nitrogens with zero attached hydrogens (tertiary/aromatic N) is 2. The van der Waals surface area contributed by atoms with E-state index in [0.29, 0.717) is 29.1 Å². The third-order valence-corrected chi connectivity index (χ3v) is 7.64. The summed E-state index contributed by atoms with van der Waals surface area (Å²) in [5.41, 5.74) is -2.35. The molecule has 158 valence electrons. The first-order valence-corrected chi connectivity index (χ1v) is 11.2. The van der Waals surface area contributed by atoms with Crippen molar-refractivity contribution in [2.75, 3.05) is 10.8 Å². The zero-order valence-electron chi connectivity index (χ0n) is 15.7. The number of halogens is 4. The predicted molar refractivity (Wildman–Crippen MR) is 106 cm³/mol. The van der Waals surface area contributed by atoms with E-state index in [1.54, 1.807) is 25.1 Å². The maximum absolute atomic E-state index is 13.4. The van der Waals surface area contributed by atoms with Gasteiger partial charge in [0.2, 0.25) is 0 Å². The van der Waals surface area contributed by atoms with Crippen molar-refractivity contribution in [2.24, 2.45) is 5.41 Å². The Kier molecular flexibility index (Phi) is 4.64. The maximum Gasteiger partial charge on any atom is 0.416 e. The predicted octanol–water partition coefficient (Wildman–Crippen LogP) is 5.12. The highest BCUT2D eigenvalue weighted by Crippen LogP contribution is 2.55. The van der Waals surface area contributed by atoms with Gasteiger partial charge in [0.15, 0.2) is 0 Å². The van der Waals surface area contributed by atoms with Gasteiger partial charge < -0.3 is 4.74 Å². The van der Waals surface area contributed by atoms with Crippen LogP contribution in [0.25, 0.3) is 0 Å². The normalized spacial score (nSPS) is 25.8. The van der Waals surface area contributed by atoms with Gasteiger partial charge in [-0.25, -0.2) is 8.42 Å². The van der Waals surface area contributed by atoms with Gasteiger partial charge in [0, 0.05) is 17.3 Å². The summed E-state index contributed by atoms with van der Waals surface area (Å²) in [6.07, 6.45) is -4.03. The second-order valence-electron chi connectivity index (χ2n) is 7.96. The minimum atomic E-state index is -4.67. The summed E-state index contributed by atoms with van der Waals surface area (Å²) < 4.78 is 74.0. The summed E-state index contributed by atoms with van der Waals surface area (Å²) in [6.45, 7) is 1.68. The number of fused-ring (bicyclic) bond motifs is 1. The highest BCUT2D eigenvalue weighted by Gasteiger charge is 2.58. The van der Waals surface area contributed by atoms with Gasteiger partial charge in [-0.2, -0.15) is 18.4 Å². The largest absolute Gasteiger partial charge is 0.483 e. The number of benzene rings is 2. The molecule has 30 heavy (non-hydrogen) atoms. The van der Waals surface area contributed by atoms with Crippen LogP contribution in [0, 0.1) is 16.7 Å².